The molecule has 1 heterocycles. The molecular weight excluding hydrogens is 301 g/mol. The van der Waals surface area contributed by atoms with Crippen molar-refractivity contribution in [3.63, 3.8) is 0 Å². The molecule has 0 saturated carbocycles. The molecule has 1 aliphatic rings. The van der Waals surface area contributed by atoms with Gasteiger partial charge in [-0.3, -0.25) is 0 Å². The van der Waals surface area contributed by atoms with Crippen LogP contribution in [0.25, 0.3) is 0 Å². The van der Waals surface area contributed by atoms with Gasteiger partial charge in [0.1, 0.15) is 4.99 Å². The maximum Gasteiger partial charge on any atom is 0.417 e. The van der Waals surface area contributed by atoms with E-state index in [4.69, 9.17) is 10.5 Å². The van der Waals surface area contributed by atoms with Crippen molar-refractivity contribution in [3.05, 3.63) is 29.3 Å². The minimum Gasteiger partial charge on any atom is -0.389 e. The zero-order valence-corrected chi connectivity index (χ0v) is 12.4. The minimum atomic E-state index is -4.49. The monoisotopic (exact) mass is 318 g/mol. The van der Waals surface area contributed by atoms with Gasteiger partial charge in [0.25, 0.3) is 0 Å². The summed E-state index contributed by atoms with van der Waals surface area (Å²) in [4.78, 5) is -0.258. The third-order valence-electron chi connectivity index (χ3n) is 3.63. The highest BCUT2D eigenvalue weighted by Crippen LogP contribution is 2.35. The lowest BCUT2D eigenvalue weighted by molar-refractivity contribution is -0.137. The van der Waals surface area contributed by atoms with Crippen LogP contribution in [-0.4, -0.2) is 23.7 Å². The summed E-state index contributed by atoms with van der Waals surface area (Å²) in [7, 11) is 0. The van der Waals surface area contributed by atoms with Gasteiger partial charge in [0.2, 0.25) is 0 Å². The SMILES string of the molecule is CC1(Nc2ccc(C(N)=S)c(C(F)(F)F)c2)CCOCC1. The van der Waals surface area contributed by atoms with E-state index < -0.39 is 11.7 Å². The summed E-state index contributed by atoms with van der Waals surface area (Å²) in [5.74, 6) is 0. The zero-order chi connectivity index (χ0) is 15.7. The molecule has 3 nitrogen and oxygen atoms in total. The lowest BCUT2D eigenvalue weighted by atomic mass is 9.92. The number of hydrogen-bond acceptors (Lipinski definition) is 3. The summed E-state index contributed by atoms with van der Waals surface area (Å²) < 4.78 is 44.6. The first-order chi connectivity index (χ1) is 9.71. The average Bonchev–Trinajstić information content (AvgIpc) is 2.37. The molecule has 0 spiro atoms. The van der Waals surface area contributed by atoms with Crippen LogP contribution < -0.4 is 11.1 Å². The molecule has 0 aromatic heterocycles. The van der Waals surface area contributed by atoms with E-state index in [0.717, 1.165) is 18.9 Å². The van der Waals surface area contributed by atoms with Gasteiger partial charge in [0.15, 0.2) is 0 Å². The summed E-state index contributed by atoms with van der Waals surface area (Å²) in [5.41, 5.74) is 4.54. The number of thiocarbonyl (C=S) groups is 1. The molecule has 1 aliphatic heterocycles. The Bertz CT molecular complexity index is 540. The number of nitrogens with two attached hydrogens (primary N) is 1. The molecule has 0 bridgehead atoms. The molecule has 0 unspecified atom stereocenters. The van der Waals surface area contributed by atoms with E-state index in [9.17, 15) is 13.2 Å². The van der Waals surface area contributed by atoms with Gasteiger partial charge in [-0.2, -0.15) is 13.2 Å². The van der Waals surface area contributed by atoms with Crippen molar-refractivity contribution >= 4 is 22.9 Å². The fourth-order valence-electron chi connectivity index (χ4n) is 2.37. The lowest BCUT2D eigenvalue weighted by Crippen LogP contribution is -2.40. The number of ether oxygens (including phenoxy) is 1. The highest BCUT2D eigenvalue weighted by molar-refractivity contribution is 7.80. The summed E-state index contributed by atoms with van der Waals surface area (Å²) in [6.45, 7) is 3.17. The van der Waals surface area contributed by atoms with Crippen molar-refractivity contribution in [2.75, 3.05) is 18.5 Å². The molecule has 1 aromatic rings. The quantitative estimate of drug-likeness (QED) is 0.839. The van der Waals surface area contributed by atoms with Gasteiger partial charge < -0.3 is 15.8 Å². The van der Waals surface area contributed by atoms with E-state index in [-0.39, 0.29) is 16.1 Å². The molecule has 0 amide bonds. The van der Waals surface area contributed by atoms with E-state index in [1.165, 1.54) is 6.07 Å². The number of anilines is 1. The molecule has 1 aromatic carbocycles. The summed E-state index contributed by atoms with van der Waals surface area (Å²) in [5, 5.41) is 3.17. The van der Waals surface area contributed by atoms with E-state index in [1.54, 1.807) is 6.07 Å². The molecule has 0 atom stereocenters. The third kappa shape index (κ3) is 3.85. The van der Waals surface area contributed by atoms with E-state index >= 15 is 0 Å². The Hall–Kier alpha value is -1.34. The fourth-order valence-corrected chi connectivity index (χ4v) is 2.54. The minimum absolute atomic E-state index is 0.153. The van der Waals surface area contributed by atoms with Crippen molar-refractivity contribution in [2.24, 2.45) is 5.73 Å². The van der Waals surface area contributed by atoms with Gasteiger partial charge in [0, 0.05) is 30.0 Å². The van der Waals surface area contributed by atoms with Crippen LogP contribution >= 0.6 is 12.2 Å². The van der Waals surface area contributed by atoms with Crippen LogP contribution in [0.2, 0.25) is 0 Å². The summed E-state index contributed by atoms with van der Waals surface area (Å²) >= 11 is 4.69. The number of hydrogen-bond donors (Lipinski definition) is 2. The highest BCUT2D eigenvalue weighted by Gasteiger charge is 2.35. The molecule has 21 heavy (non-hydrogen) atoms. The Labute approximate surface area is 126 Å². The number of benzene rings is 1. The smallest absolute Gasteiger partial charge is 0.389 e. The molecule has 7 heteroatoms. The predicted molar refractivity (Wildman–Crippen MR) is 79.4 cm³/mol. The first-order valence-corrected chi connectivity index (χ1v) is 6.99. The lowest BCUT2D eigenvalue weighted by Gasteiger charge is -2.35. The van der Waals surface area contributed by atoms with Crippen molar-refractivity contribution in [3.8, 4) is 0 Å². The fraction of sp³-hybridized carbons (Fsp3) is 0.500. The average molecular weight is 318 g/mol. The van der Waals surface area contributed by atoms with Gasteiger partial charge in [-0.1, -0.05) is 12.2 Å². The van der Waals surface area contributed by atoms with Crippen LogP contribution in [0.1, 0.15) is 30.9 Å². The molecular formula is C14H17F3N2OS. The summed E-state index contributed by atoms with van der Waals surface area (Å²) in [6, 6.07) is 3.95. The Kier molecular flexibility index (Phi) is 4.43. The molecule has 0 radical (unpaired) electrons. The normalized spacial score (nSPS) is 18.3. The van der Waals surface area contributed by atoms with Gasteiger partial charge in [-0.25, -0.2) is 0 Å². The van der Waals surface area contributed by atoms with Crippen LogP contribution in [0, 0.1) is 0 Å². The first kappa shape index (κ1) is 16.0. The Balaban J connectivity index is 2.31. The molecule has 116 valence electrons. The second kappa shape index (κ2) is 5.81. The molecule has 2 rings (SSSR count). The maximum absolute atomic E-state index is 13.1. The number of alkyl halides is 3. The molecule has 3 N–H and O–H groups in total. The van der Waals surface area contributed by atoms with Crippen molar-refractivity contribution in [2.45, 2.75) is 31.5 Å². The van der Waals surface area contributed by atoms with E-state index in [1.807, 2.05) is 6.92 Å². The maximum atomic E-state index is 13.1. The summed E-state index contributed by atoms with van der Waals surface area (Å²) in [6.07, 6.45) is -3.01. The van der Waals surface area contributed by atoms with Crippen LogP contribution in [0.5, 0.6) is 0 Å². The Morgan fingerprint density at radius 2 is 1.95 bits per heavy atom. The predicted octanol–water partition coefficient (Wildman–Crippen LogP) is 3.32. The van der Waals surface area contributed by atoms with Crippen molar-refractivity contribution in [1.29, 1.82) is 0 Å². The van der Waals surface area contributed by atoms with Crippen LogP contribution in [0.4, 0.5) is 18.9 Å². The second-order valence-electron chi connectivity index (χ2n) is 5.42. The van der Waals surface area contributed by atoms with Crippen LogP contribution in [0.15, 0.2) is 18.2 Å². The molecule has 1 saturated heterocycles. The first-order valence-electron chi connectivity index (χ1n) is 6.58. The van der Waals surface area contributed by atoms with Gasteiger partial charge in [0.05, 0.1) is 5.56 Å². The Morgan fingerprint density at radius 1 is 1.33 bits per heavy atom. The van der Waals surface area contributed by atoms with E-state index in [2.05, 4.69) is 17.5 Å². The second-order valence-corrected chi connectivity index (χ2v) is 5.86. The van der Waals surface area contributed by atoms with Crippen molar-refractivity contribution < 1.29 is 17.9 Å². The van der Waals surface area contributed by atoms with Crippen LogP contribution in [0.3, 0.4) is 0 Å². The van der Waals surface area contributed by atoms with Gasteiger partial charge in [-0.05, 0) is 38.0 Å². The molecule has 1 fully saturated rings. The number of rotatable bonds is 3. The van der Waals surface area contributed by atoms with E-state index in [0.29, 0.717) is 18.9 Å². The zero-order valence-electron chi connectivity index (χ0n) is 11.6. The standard InChI is InChI=1S/C14H17F3N2OS/c1-13(4-6-20-7-5-13)19-9-2-3-10(12(18)21)11(8-9)14(15,16)17/h2-3,8,19H,4-7H2,1H3,(H2,18,21). The number of halogens is 3. The number of nitrogens with one attached hydrogen (secondary N) is 1. The van der Waals surface area contributed by atoms with Gasteiger partial charge in [-0.15, -0.1) is 0 Å². The molecule has 0 aliphatic carbocycles. The topological polar surface area (TPSA) is 47.3 Å². The Morgan fingerprint density at radius 3 is 2.48 bits per heavy atom. The highest BCUT2D eigenvalue weighted by atomic mass is 32.1. The van der Waals surface area contributed by atoms with Crippen molar-refractivity contribution in [1.82, 2.24) is 0 Å². The largest absolute Gasteiger partial charge is 0.417 e. The third-order valence-corrected chi connectivity index (χ3v) is 3.85. The van der Waals surface area contributed by atoms with Gasteiger partial charge >= 0.3 is 6.18 Å². The van der Waals surface area contributed by atoms with Crippen LogP contribution in [-0.2, 0) is 10.9 Å².